The van der Waals surface area contributed by atoms with Gasteiger partial charge in [0.05, 0.1) is 17.9 Å². The lowest BCUT2D eigenvalue weighted by Crippen LogP contribution is -2.46. The summed E-state index contributed by atoms with van der Waals surface area (Å²) in [6.07, 6.45) is 40.0. The molecule has 2 unspecified atom stereocenters. The first kappa shape index (κ1) is 37.3. The second-order valence-electron chi connectivity index (χ2n) is 9.26. The summed E-state index contributed by atoms with van der Waals surface area (Å²) in [6.45, 7) is 4.22. The maximum Gasteiger partial charge on any atom is 0.267 e. The summed E-state index contributed by atoms with van der Waals surface area (Å²) in [7, 11) is -4.38. The first-order chi connectivity index (χ1) is 19.3. The lowest BCUT2D eigenvalue weighted by Gasteiger charge is -2.20. The second kappa shape index (κ2) is 26.5. The predicted molar refractivity (Wildman–Crippen MR) is 170 cm³/mol. The Bertz CT molecular complexity index is 984. The summed E-state index contributed by atoms with van der Waals surface area (Å²) >= 11 is 0. The number of rotatable bonds is 23. The van der Waals surface area contributed by atoms with Gasteiger partial charge in [-0.3, -0.25) is 9.35 Å². The highest BCUT2D eigenvalue weighted by molar-refractivity contribution is 7.85. The summed E-state index contributed by atoms with van der Waals surface area (Å²) in [5.74, 6) is -1.19. The van der Waals surface area contributed by atoms with Gasteiger partial charge in [-0.2, -0.15) is 8.42 Å². The molecule has 1 amide bonds. The van der Waals surface area contributed by atoms with Gasteiger partial charge in [0.25, 0.3) is 10.1 Å². The van der Waals surface area contributed by atoms with Crippen molar-refractivity contribution in [2.45, 2.75) is 96.6 Å². The van der Waals surface area contributed by atoms with E-state index in [0.717, 1.165) is 51.4 Å². The maximum atomic E-state index is 12.3. The Morgan fingerprint density at radius 2 is 1.05 bits per heavy atom. The van der Waals surface area contributed by atoms with Crippen LogP contribution in [0.1, 0.15) is 84.5 Å². The molecule has 7 heteroatoms. The number of aliphatic hydroxyl groups excluding tert-OH is 1. The molecule has 0 aromatic carbocycles. The average molecular weight is 574 g/mol. The van der Waals surface area contributed by atoms with E-state index in [1.54, 1.807) is 12.2 Å². The first-order valence-corrected chi connectivity index (χ1v) is 16.0. The Hall–Kier alpha value is -2.74. The molecule has 0 aromatic heterocycles. The van der Waals surface area contributed by atoms with E-state index >= 15 is 0 Å². The molecule has 0 saturated carbocycles. The van der Waals surface area contributed by atoms with Crippen molar-refractivity contribution in [1.29, 1.82) is 0 Å². The SMILES string of the molecule is CC/C=C\C/C=C\C/C=C\C/C=C\C/C=C\CC(=O)NC(CS(=O)(=O)O)C(O)/C=C/CC/C=C/CC/C=C/CC. The van der Waals surface area contributed by atoms with Gasteiger partial charge in [0.15, 0.2) is 0 Å². The van der Waals surface area contributed by atoms with Gasteiger partial charge in [0.1, 0.15) is 0 Å². The zero-order valence-electron chi connectivity index (χ0n) is 24.4. The van der Waals surface area contributed by atoms with Crippen LogP contribution in [-0.4, -0.2) is 41.9 Å². The van der Waals surface area contributed by atoms with E-state index in [4.69, 9.17) is 0 Å². The highest BCUT2D eigenvalue weighted by Crippen LogP contribution is 2.05. The molecule has 0 aliphatic rings. The number of aliphatic hydroxyl groups is 1. The number of carbonyl (C=O) groups is 1. The number of hydrogen-bond donors (Lipinski definition) is 3. The number of unbranched alkanes of at least 4 members (excludes halogenated alkanes) is 2. The monoisotopic (exact) mass is 573 g/mol. The molecule has 6 nitrogen and oxygen atoms in total. The van der Waals surface area contributed by atoms with E-state index in [1.165, 1.54) is 6.08 Å². The van der Waals surface area contributed by atoms with Crippen molar-refractivity contribution < 1.29 is 22.9 Å². The van der Waals surface area contributed by atoms with Crippen LogP contribution < -0.4 is 5.32 Å². The average Bonchev–Trinajstić information content (AvgIpc) is 2.90. The van der Waals surface area contributed by atoms with Crippen molar-refractivity contribution in [2.24, 2.45) is 0 Å². The van der Waals surface area contributed by atoms with Crippen LogP contribution in [0.15, 0.2) is 97.2 Å². The minimum absolute atomic E-state index is 0.0458. The lowest BCUT2D eigenvalue weighted by molar-refractivity contribution is -0.121. The van der Waals surface area contributed by atoms with Gasteiger partial charge in [0, 0.05) is 6.42 Å². The van der Waals surface area contributed by atoms with Crippen LogP contribution in [0.25, 0.3) is 0 Å². The van der Waals surface area contributed by atoms with Crippen molar-refractivity contribution in [3.05, 3.63) is 97.2 Å². The minimum atomic E-state index is -4.38. The Kier molecular flexibility index (Phi) is 24.7. The molecule has 0 aromatic rings. The number of carbonyl (C=O) groups excluding carboxylic acids is 1. The zero-order chi connectivity index (χ0) is 29.7. The van der Waals surface area contributed by atoms with Gasteiger partial charge >= 0.3 is 0 Å². The normalized spacial score (nSPS) is 15.0. The van der Waals surface area contributed by atoms with Crippen LogP contribution in [-0.2, 0) is 14.9 Å². The standard InChI is InChI=1S/C33H51NO5S/c1-3-5-7-9-11-13-15-16-17-18-19-21-23-25-27-29-33(36)34-31(30-40(37,38)39)32(35)28-26-24-22-20-14-12-10-8-6-4-2/h5-8,11,13-14,16-17,19-21,25-28,31-32,35H,3-4,9-10,12,15,18,22-24,29-30H2,1-2H3,(H,34,36)(H,37,38,39)/b7-5-,8-6+,13-11-,17-16-,20-14+,21-19-,27-25-,28-26+. The highest BCUT2D eigenvalue weighted by Gasteiger charge is 2.24. The lowest BCUT2D eigenvalue weighted by atomic mass is 10.1. The van der Waals surface area contributed by atoms with Gasteiger partial charge in [-0.1, -0.05) is 111 Å². The fraction of sp³-hybridized carbons (Fsp3) is 0.485. The quantitative estimate of drug-likeness (QED) is 0.0667. The molecular weight excluding hydrogens is 522 g/mol. The van der Waals surface area contributed by atoms with Gasteiger partial charge in [-0.25, -0.2) is 0 Å². The van der Waals surface area contributed by atoms with Gasteiger partial charge in [-0.05, 0) is 64.2 Å². The van der Waals surface area contributed by atoms with E-state index in [0.29, 0.717) is 12.8 Å². The van der Waals surface area contributed by atoms with Crippen LogP contribution in [0.4, 0.5) is 0 Å². The third-order valence-electron chi connectivity index (χ3n) is 5.51. The highest BCUT2D eigenvalue weighted by atomic mass is 32.2. The number of allylic oxidation sites excluding steroid dienone is 14. The molecule has 0 heterocycles. The molecule has 40 heavy (non-hydrogen) atoms. The molecule has 0 saturated heterocycles. The number of amides is 1. The fourth-order valence-corrected chi connectivity index (χ4v) is 4.17. The van der Waals surface area contributed by atoms with Crippen LogP contribution in [0.2, 0.25) is 0 Å². The van der Waals surface area contributed by atoms with E-state index in [2.05, 4.69) is 86.0 Å². The molecule has 0 spiro atoms. The molecule has 0 radical (unpaired) electrons. The van der Waals surface area contributed by atoms with Crippen molar-refractivity contribution in [3.8, 4) is 0 Å². The topological polar surface area (TPSA) is 104 Å². The fourth-order valence-electron chi connectivity index (χ4n) is 3.43. The van der Waals surface area contributed by atoms with Crippen LogP contribution >= 0.6 is 0 Å². The first-order valence-electron chi connectivity index (χ1n) is 14.4. The van der Waals surface area contributed by atoms with Gasteiger partial charge in [-0.15, -0.1) is 0 Å². The minimum Gasteiger partial charge on any atom is -0.387 e. The van der Waals surface area contributed by atoms with E-state index < -0.39 is 33.9 Å². The third-order valence-corrected chi connectivity index (χ3v) is 6.29. The number of hydrogen-bond acceptors (Lipinski definition) is 4. The molecule has 0 bridgehead atoms. The molecule has 3 N–H and O–H groups in total. The number of nitrogens with one attached hydrogen (secondary N) is 1. The van der Waals surface area contributed by atoms with E-state index in [9.17, 15) is 22.9 Å². The molecular formula is C33H51NO5S. The van der Waals surface area contributed by atoms with E-state index in [-0.39, 0.29) is 6.42 Å². The van der Waals surface area contributed by atoms with E-state index in [1.807, 2.05) is 12.2 Å². The molecule has 0 rings (SSSR count). The van der Waals surface area contributed by atoms with Crippen LogP contribution in [0.3, 0.4) is 0 Å². The van der Waals surface area contributed by atoms with Crippen LogP contribution in [0, 0.1) is 0 Å². The Balaban J connectivity index is 4.40. The van der Waals surface area contributed by atoms with Gasteiger partial charge < -0.3 is 10.4 Å². The molecule has 224 valence electrons. The maximum absolute atomic E-state index is 12.3. The Labute approximate surface area is 243 Å². The van der Waals surface area contributed by atoms with Crippen molar-refractivity contribution >= 4 is 16.0 Å². The van der Waals surface area contributed by atoms with Gasteiger partial charge in [0.2, 0.25) is 5.91 Å². The Morgan fingerprint density at radius 3 is 1.52 bits per heavy atom. The zero-order valence-corrected chi connectivity index (χ0v) is 25.2. The molecule has 2 atom stereocenters. The summed E-state index contributed by atoms with van der Waals surface area (Å²) < 4.78 is 32.1. The van der Waals surface area contributed by atoms with Crippen molar-refractivity contribution in [3.63, 3.8) is 0 Å². The second-order valence-corrected chi connectivity index (χ2v) is 10.8. The summed E-state index contributed by atoms with van der Waals surface area (Å²) in [5, 5.41) is 12.9. The summed E-state index contributed by atoms with van der Waals surface area (Å²) in [5.41, 5.74) is 0. The largest absolute Gasteiger partial charge is 0.387 e. The van der Waals surface area contributed by atoms with Crippen molar-refractivity contribution in [2.75, 3.05) is 5.75 Å². The molecule has 0 fully saturated rings. The van der Waals surface area contributed by atoms with Crippen molar-refractivity contribution in [1.82, 2.24) is 5.32 Å². The smallest absolute Gasteiger partial charge is 0.267 e. The Morgan fingerprint density at radius 1 is 0.650 bits per heavy atom. The third kappa shape index (κ3) is 26.9. The van der Waals surface area contributed by atoms with Crippen LogP contribution in [0.5, 0.6) is 0 Å². The molecule has 0 aliphatic carbocycles. The predicted octanol–water partition coefficient (Wildman–Crippen LogP) is 7.50. The summed E-state index contributed by atoms with van der Waals surface area (Å²) in [6, 6.07) is -1.14. The summed E-state index contributed by atoms with van der Waals surface area (Å²) in [4.78, 5) is 12.3. The molecule has 0 aliphatic heterocycles.